The molecule has 7 nitrogen and oxygen atoms in total. The number of thiophene rings is 1. The van der Waals surface area contributed by atoms with Crippen molar-refractivity contribution in [2.45, 2.75) is 31.6 Å². The van der Waals surface area contributed by atoms with E-state index in [1.807, 2.05) is 73.0 Å². The topological polar surface area (TPSA) is 93.5 Å². The van der Waals surface area contributed by atoms with Crippen molar-refractivity contribution in [1.29, 1.82) is 0 Å². The van der Waals surface area contributed by atoms with Crippen LogP contribution in [0.3, 0.4) is 0 Å². The summed E-state index contributed by atoms with van der Waals surface area (Å²) >= 11 is 1.66. The monoisotopic (exact) mass is 573 g/mol. The molecule has 1 aliphatic heterocycles. The van der Waals surface area contributed by atoms with Crippen LogP contribution in [0, 0.1) is 6.92 Å². The smallest absolute Gasteiger partial charge is 0.337 e. The summed E-state index contributed by atoms with van der Waals surface area (Å²) in [6.45, 7) is 1.91. The van der Waals surface area contributed by atoms with E-state index in [1.54, 1.807) is 40.3 Å². The lowest BCUT2D eigenvalue weighted by atomic mass is 9.73. The van der Waals surface area contributed by atoms with Crippen LogP contribution < -0.4 is 10.1 Å². The number of benzene rings is 3. The number of nitrogens with one attached hydrogen (secondary N) is 1. The van der Waals surface area contributed by atoms with Crippen LogP contribution in [-0.2, 0) is 4.79 Å². The largest absolute Gasteiger partial charge is 0.478 e. The Morgan fingerprint density at radius 3 is 2.55 bits per heavy atom. The van der Waals surface area contributed by atoms with Crippen LogP contribution in [0.2, 0.25) is 0 Å². The first-order chi connectivity index (χ1) is 20.5. The van der Waals surface area contributed by atoms with Gasteiger partial charge in [0.1, 0.15) is 17.3 Å². The average molecular weight is 574 g/mol. The second kappa shape index (κ2) is 10.5. The van der Waals surface area contributed by atoms with E-state index in [1.165, 1.54) is 4.88 Å². The van der Waals surface area contributed by atoms with Gasteiger partial charge in [0.15, 0.2) is 5.78 Å². The standard InChI is InChI=1S/C34H27N3O4S/c1-20-30-31(21-9-7-12-24(17-21)41-23-10-3-2-4-11-23)32-26(18-22(19-28(32)38)29-15-8-16-42-29)35-33(30)37(36-20)27-14-6-5-13-25(27)34(39)40/h2-17,22,31,35H,18-19H2,1H3,(H,39,40)/t22-,31+/m0/s1. The van der Waals surface area contributed by atoms with Crippen molar-refractivity contribution in [2.75, 3.05) is 5.32 Å². The third-order valence-corrected chi connectivity index (χ3v) is 8.97. The van der Waals surface area contributed by atoms with Gasteiger partial charge in [-0.1, -0.05) is 48.5 Å². The van der Waals surface area contributed by atoms with Crippen LogP contribution in [0.4, 0.5) is 5.82 Å². The van der Waals surface area contributed by atoms with E-state index in [0.717, 1.165) is 33.8 Å². The van der Waals surface area contributed by atoms with Gasteiger partial charge in [0, 0.05) is 40.0 Å². The van der Waals surface area contributed by atoms with E-state index in [4.69, 9.17) is 9.84 Å². The minimum Gasteiger partial charge on any atom is -0.478 e. The van der Waals surface area contributed by atoms with Gasteiger partial charge in [-0.2, -0.15) is 5.10 Å². The van der Waals surface area contributed by atoms with E-state index in [9.17, 15) is 14.7 Å². The first-order valence-electron chi connectivity index (χ1n) is 13.8. The number of allylic oxidation sites excluding steroid dienone is 2. The Balaban J connectivity index is 1.40. The molecular weight excluding hydrogens is 546 g/mol. The number of fused-ring (bicyclic) bond motifs is 1. The fourth-order valence-corrected chi connectivity index (χ4v) is 6.96. The Morgan fingerprint density at radius 2 is 1.76 bits per heavy atom. The van der Waals surface area contributed by atoms with Crippen LogP contribution in [-0.4, -0.2) is 26.6 Å². The lowest BCUT2D eigenvalue weighted by Gasteiger charge is -2.35. The fourth-order valence-electron chi connectivity index (χ4n) is 6.13. The lowest BCUT2D eigenvalue weighted by molar-refractivity contribution is -0.116. The number of carbonyl (C=O) groups is 2. The Labute approximate surface area is 246 Å². The van der Waals surface area contributed by atoms with Crippen LogP contribution in [0.1, 0.15) is 56.7 Å². The normalized spacial score (nSPS) is 17.8. The molecule has 3 heterocycles. The van der Waals surface area contributed by atoms with Crippen LogP contribution in [0.5, 0.6) is 11.5 Å². The van der Waals surface area contributed by atoms with Gasteiger partial charge in [-0.3, -0.25) is 4.79 Å². The molecule has 5 aromatic rings. The number of ketones is 1. The molecule has 8 heteroatoms. The number of aromatic nitrogens is 2. The van der Waals surface area contributed by atoms with Gasteiger partial charge in [0.25, 0.3) is 0 Å². The summed E-state index contributed by atoms with van der Waals surface area (Å²) < 4.78 is 7.85. The fraction of sp³-hybridized carbons (Fsp3) is 0.147. The van der Waals surface area contributed by atoms with Crippen LogP contribution in [0.15, 0.2) is 108 Å². The van der Waals surface area contributed by atoms with Gasteiger partial charge < -0.3 is 15.2 Å². The van der Waals surface area contributed by atoms with Crippen LogP contribution >= 0.6 is 11.3 Å². The number of carboxylic acids is 1. The highest BCUT2D eigenvalue weighted by Gasteiger charge is 2.41. The van der Waals surface area contributed by atoms with Gasteiger partial charge >= 0.3 is 5.97 Å². The third-order valence-electron chi connectivity index (χ3n) is 7.94. The summed E-state index contributed by atoms with van der Waals surface area (Å²) in [7, 11) is 0. The maximum atomic E-state index is 14.0. The summed E-state index contributed by atoms with van der Waals surface area (Å²) in [5.41, 5.74) is 4.69. The summed E-state index contributed by atoms with van der Waals surface area (Å²) in [6.07, 6.45) is 1.10. The molecule has 0 saturated heterocycles. The molecule has 2 aliphatic rings. The number of para-hydroxylation sites is 2. The van der Waals surface area contributed by atoms with Gasteiger partial charge in [0.2, 0.25) is 0 Å². The second-order valence-corrected chi connectivity index (χ2v) is 11.5. The maximum Gasteiger partial charge on any atom is 0.337 e. The summed E-state index contributed by atoms with van der Waals surface area (Å²) in [4.78, 5) is 27.3. The molecular formula is C34H27N3O4S. The molecule has 0 spiro atoms. The molecule has 42 heavy (non-hydrogen) atoms. The van der Waals surface area contributed by atoms with E-state index in [2.05, 4.69) is 11.4 Å². The van der Waals surface area contributed by atoms with E-state index < -0.39 is 11.9 Å². The molecule has 7 rings (SSSR count). The summed E-state index contributed by atoms with van der Waals surface area (Å²) in [5, 5.41) is 20.4. The number of ether oxygens (including phenoxy) is 1. The number of hydrogen-bond acceptors (Lipinski definition) is 6. The van der Waals surface area contributed by atoms with Crippen molar-refractivity contribution in [3.8, 4) is 17.2 Å². The quantitative estimate of drug-likeness (QED) is 0.216. The molecule has 0 saturated carbocycles. The number of nitrogens with zero attached hydrogens (tertiary/aromatic N) is 2. The van der Waals surface area contributed by atoms with Gasteiger partial charge in [-0.15, -0.1) is 11.3 Å². The molecule has 1 aliphatic carbocycles. The highest BCUT2D eigenvalue weighted by molar-refractivity contribution is 7.10. The number of hydrogen-bond donors (Lipinski definition) is 2. The molecule has 3 aromatic carbocycles. The zero-order chi connectivity index (χ0) is 28.8. The molecule has 2 atom stereocenters. The Bertz CT molecular complexity index is 1860. The molecule has 0 amide bonds. The van der Waals surface area contributed by atoms with E-state index in [0.29, 0.717) is 30.1 Å². The van der Waals surface area contributed by atoms with Crippen molar-refractivity contribution >= 4 is 28.9 Å². The average Bonchev–Trinajstić information content (AvgIpc) is 3.65. The second-order valence-electron chi connectivity index (χ2n) is 10.6. The molecule has 0 radical (unpaired) electrons. The number of Topliss-reactive ketones (excluding diaryl/α,β-unsaturated/α-hetero) is 1. The zero-order valence-electron chi connectivity index (χ0n) is 22.8. The Kier molecular flexibility index (Phi) is 6.47. The van der Waals surface area contributed by atoms with Gasteiger partial charge in [0.05, 0.1) is 16.9 Å². The molecule has 2 aromatic heterocycles. The van der Waals surface area contributed by atoms with E-state index in [-0.39, 0.29) is 17.3 Å². The summed E-state index contributed by atoms with van der Waals surface area (Å²) in [5.74, 6) is 0.824. The van der Waals surface area contributed by atoms with Gasteiger partial charge in [-0.05, 0) is 66.8 Å². The highest BCUT2D eigenvalue weighted by Crippen LogP contribution is 2.50. The zero-order valence-corrected chi connectivity index (χ0v) is 23.6. The number of aryl methyl sites for hydroxylation is 1. The number of anilines is 1. The number of aromatic carboxylic acids is 1. The predicted octanol–water partition coefficient (Wildman–Crippen LogP) is 7.69. The minimum atomic E-state index is -1.03. The third kappa shape index (κ3) is 4.50. The first-order valence-corrected chi connectivity index (χ1v) is 14.7. The summed E-state index contributed by atoms with van der Waals surface area (Å²) in [6, 6.07) is 28.4. The number of carbonyl (C=O) groups excluding carboxylic acids is 1. The minimum absolute atomic E-state index is 0.0717. The highest BCUT2D eigenvalue weighted by atomic mass is 32.1. The van der Waals surface area contributed by atoms with Crippen LogP contribution in [0.25, 0.3) is 5.69 Å². The molecule has 0 fully saturated rings. The molecule has 2 N–H and O–H groups in total. The predicted molar refractivity (Wildman–Crippen MR) is 162 cm³/mol. The Hall–Kier alpha value is -4.95. The molecule has 0 bridgehead atoms. The first kappa shape index (κ1) is 26.0. The molecule has 208 valence electrons. The maximum absolute atomic E-state index is 14.0. The van der Waals surface area contributed by atoms with Gasteiger partial charge in [-0.25, -0.2) is 9.48 Å². The van der Waals surface area contributed by atoms with Crippen molar-refractivity contribution in [2.24, 2.45) is 0 Å². The number of carboxylic acid groups (broad SMARTS) is 1. The van der Waals surface area contributed by atoms with E-state index >= 15 is 0 Å². The molecule has 0 unspecified atom stereocenters. The van der Waals surface area contributed by atoms with Crippen molar-refractivity contribution in [3.05, 3.63) is 135 Å². The Morgan fingerprint density at radius 1 is 0.976 bits per heavy atom. The lowest BCUT2D eigenvalue weighted by Crippen LogP contribution is -2.30. The van der Waals surface area contributed by atoms with Crippen molar-refractivity contribution in [1.82, 2.24) is 9.78 Å². The SMILES string of the molecule is Cc1nn(-c2ccccc2C(=O)O)c2c1[C@@H](c1cccc(Oc3ccccc3)c1)C1=C(C[C@H](c3cccs3)CC1=O)N2. The van der Waals surface area contributed by atoms with Crippen molar-refractivity contribution < 1.29 is 19.4 Å². The number of rotatable bonds is 6. The van der Waals surface area contributed by atoms with Crippen molar-refractivity contribution in [3.63, 3.8) is 0 Å².